The molecule has 130 valence electrons. The van der Waals surface area contributed by atoms with Gasteiger partial charge in [0, 0.05) is 52.0 Å². The van der Waals surface area contributed by atoms with Crippen LogP contribution in [0.3, 0.4) is 0 Å². The predicted molar refractivity (Wildman–Crippen MR) is 88.0 cm³/mol. The van der Waals surface area contributed by atoms with Crippen molar-refractivity contribution in [2.75, 3.05) is 60.6 Å². The van der Waals surface area contributed by atoms with Crippen LogP contribution in [0.1, 0.15) is 19.8 Å². The van der Waals surface area contributed by atoms with E-state index in [2.05, 4.69) is 30.8 Å². The van der Waals surface area contributed by atoms with Crippen molar-refractivity contribution in [3.63, 3.8) is 0 Å². The van der Waals surface area contributed by atoms with Gasteiger partial charge in [0.1, 0.15) is 0 Å². The SMILES string of the molecule is CO[Si]12CCCOCC(CN(CCN(C)C)CCC(C)O1)O2. The van der Waals surface area contributed by atoms with Crippen LogP contribution in [-0.2, 0) is 18.0 Å². The van der Waals surface area contributed by atoms with Crippen molar-refractivity contribution in [1.82, 2.24) is 9.80 Å². The Hall–Kier alpha value is -0.0231. The molecule has 0 saturated carbocycles. The summed E-state index contributed by atoms with van der Waals surface area (Å²) < 4.78 is 24.2. The normalized spacial score (nSPS) is 35.3. The summed E-state index contributed by atoms with van der Waals surface area (Å²) in [5.74, 6) is 0. The first kappa shape index (κ1) is 18.3. The van der Waals surface area contributed by atoms with E-state index in [9.17, 15) is 0 Å². The van der Waals surface area contributed by atoms with Gasteiger partial charge >= 0.3 is 8.80 Å². The summed E-state index contributed by atoms with van der Waals surface area (Å²) in [6.07, 6.45) is 2.18. The minimum absolute atomic E-state index is 0.0411. The third-order valence-corrected chi connectivity index (χ3v) is 7.33. The lowest BCUT2D eigenvalue weighted by Gasteiger charge is -2.35. The van der Waals surface area contributed by atoms with Gasteiger partial charge in [0.15, 0.2) is 0 Å². The Labute approximate surface area is 136 Å². The molecule has 2 heterocycles. The Kier molecular flexibility index (Phi) is 7.26. The van der Waals surface area contributed by atoms with Crippen LogP contribution in [0.25, 0.3) is 0 Å². The molecule has 0 spiro atoms. The maximum absolute atomic E-state index is 6.37. The van der Waals surface area contributed by atoms with Crippen LogP contribution in [-0.4, -0.2) is 91.4 Å². The number of fused-ring (bicyclic) bond motifs is 2. The highest BCUT2D eigenvalue weighted by Gasteiger charge is 2.45. The van der Waals surface area contributed by atoms with E-state index in [1.165, 1.54) is 0 Å². The molecule has 6 nitrogen and oxygen atoms in total. The van der Waals surface area contributed by atoms with Crippen molar-refractivity contribution in [2.45, 2.75) is 38.0 Å². The zero-order valence-corrected chi connectivity index (χ0v) is 15.5. The summed E-state index contributed by atoms with van der Waals surface area (Å²) in [6, 6.07) is 0.849. The van der Waals surface area contributed by atoms with Crippen LogP contribution >= 0.6 is 0 Å². The van der Waals surface area contributed by atoms with Crippen molar-refractivity contribution in [3.8, 4) is 0 Å². The van der Waals surface area contributed by atoms with Crippen molar-refractivity contribution in [3.05, 3.63) is 0 Å². The van der Waals surface area contributed by atoms with Gasteiger partial charge in [0.2, 0.25) is 0 Å². The van der Waals surface area contributed by atoms with Gasteiger partial charge in [-0.3, -0.25) is 4.90 Å². The fourth-order valence-corrected chi connectivity index (χ4v) is 5.63. The van der Waals surface area contributed by atoms with Gasteiger partial charge in [-0.15, -0.1) is 0 Å². The lowest BCUT2D eigenvalue weighted by molar-refractivity contribution is -0.0331. The number of hydrogen-bond acceptors (Lipinski definition) is 6. The van der Waals surface area contributed by atoms with E-state index in [-0.39, 0.29) is 12.2 Å². The minimum atomic E-state index is -2.56. The first-order chi connectivity index (χ1) is 10.5. The Morgan fingerprint density at radius 1 is 1.32 bits per heavy atom. The van der Waals surface area contributed by atoms with Crippen molar-refractivity contribution in [2.24, 2.45) is 0 Å². The fourth-order valence-electron chi connectivity index (χ4n) is 2.98. The van der Waals surface area contributed by atoms with Gasteiger partial charge in [0.25, 0.3) is 0 Å². The third kappa shape index (κ3) is 5.56. The molecule has 7 heteroatoms. The molecule has 0 aromatic heterocycles. The molecule has 0 N–H and O–H groups in total. The summed E-state index contributed by atoms with van der Waals surface area (Å²) in [5, 5.41) is 0. The maximum Gasteiger partial charge on any atom is 0.501 e. The minimum Gasteiger partial charge on any atom is -0.379 e. The van der Waals surface area contributed by atoms with Gasteiger partial charge in [-0.1, -0.05) is 0 Å². The topological polar surface area (TPSA) is 43.4 Å². The van der Waals surface area contributed by atoms with E-state index in [0.717, 1.165) is 51.7 Å². The zero-order valence-electron chi connectivity index (χ0n) is 14.5. The molecule has 3 atom stereocenters. The Bertz CT molecular complexity index is 335. The highest BCUT2D eigenvalue weighted by molar-refractivity contribution is 6.60. The quantitative estimate of drug-likeness (QED) is 0.717. The fraction of sp³-hybridized carbons (Fsp3) is 1.00. The van der Waals surface area contributed by atoms with Crippen LogP contribution in [0.2, 0.25) is 6.04 Å². The number of ether oxygens (including phenoxy) is 1. The zero-order chi connectivity index (χ0) is 16.0. The first-order valence-electron chi connectivity index (χ1n) is 8.38. The van der Waals surface area contributed by atoms with Crippen LogP contribution in [0, 0.1) is 0 Å². The second-order valence-electron chi connectivity index (χ2n) is 6.63. The summed E-state index contributed by atoms with van der Waals surface area (Å²) in [6.45, 7) is 7.56. The van der Waals surface area contributed by atoms with Crippen LogP contribution < -0.4 is 0 Å². The van der Waals surface area contributed by atoms with Crippen LogP contribution in [0.5, 0.6) is 0 Å². The molecule has 0 radical (unpaired) electrons. The maximum atomic E-state index is 6.37. The molecule has 2 rings (SSSR count). The second kappa shape index (κ2) is 8.72. The lowest BCUT2D eigenvalue weighted by Crippen LogP contribution is -2.52. The Morgan fingerprint density at radius 2 is 2.14 bits per heavy atom. The Balaban J connectivity index is 2.08. The molecule has 22 heavy (non-hydrogen) atoms. The lowest BCUT2D eigenvalue weighted by atomic mass is 10.2. The number of hydrogen-bond donors (Lipinski definition) is 0. The molecular formula is C15H32N2O4Si. The molecular weight excluding hydrogens is 300 g/mol. The van der Waals surface area contributed by atoms with E-state index in [1.807, 2.05) is 0 Å². The Morgan fingerprint density at radius 3 is 2.86 bits per heavy atom. The van der Waals surface area contributed by atoms with Gasteiger partial charge in [-0.2, -0.15) is 0 Å². The summed E-state index contributed by atoms with van der Waals surface area (Å²) in [7, 11) is 3.40. The van der Waals surface area contributed by atoms with Crippen molar-refractivity contribution in [1.29, 1.82) is 0 Å². The van der Waals surface area contributed by atoms with E-state index in [0.29, 0.717) is 6.61 Å². The first-order valence-corrected chi connectivity index (χ1v) is 10.3. The average Bonchev–Trinajstić information content (AvgIpc) is 2.52. The average molecular weight is 333 g/mol. The van der Waals surface area contributed by atoms with Crippen LogP contribution in [0.15, 0.2) is 0 Å². The largest absolute Gasteiger partial charge is 0.501 e. The van der Waals surface area contributed by atoms with Gasteiger partial charge in [-0.05, 0) is 33.9 Å². The highest BCUT2D eigenvalue weighted by Crippen LogP contribution is 2.25. The van der Waals surface area contributed by atoms with E-state index in [4.69, 9.17) is 18.0 Å². The molecule has 0 aromatic carbocycles. The second-order valence-corrected chi connectivity index (χ2v) is 9.37. The van der Waals surface area contributed by atoms with E-state index in [1.54, 1.807) is 7.11 Å². The van der Waals surface area contributed by atoms with Gasteiger partial charge < -0.3 is 22.9 Å². The van der Waals surface area contributed by atoms with Crippen LogP contribution in [0.4, 0.5) is 0 Å². The standard InChI is InChI=1S/C15H32N2O4Si/c1-14-6-7-17(9-8-16(2)3)12-15-13-19-10-5-11-22(18-4,20-14)21-15/h14-15H,5-13H2,1-4H3. The molecule has 2 bridgehead atoms. The summed E-state index contributed by atoms with van der Waals surface area (Å²) in [4.78, 5) is 4.69. The van der Waals surface area contributed by atoms with E-state index < -0.39 is 8.80 Å². The molecule has 2 aliphatic heterocycles. The van der Waals surface area contributed by atoms with Gasteiger partial charge in [-0.25, -0.2) is 0 Å². The smallest absolute Gasteiger partial charge is 0.379 e. The molecule has 2 saturated heterocycles. The van der Waals surface area contributed by atoms with Crippen molar-refractivity contribution < 1.29 is 18.0 Å². The third-order valence-electron chi connectivity index (χ3n) is 4.29. The molecule has 0 aliphatic carbocycles. The van der Waals surface area contributed by atoms with E-state index >= 15 is 0 Å². The summed E-state index contributed by atoms with van der Waals surface area (Å²) >= 11 is 0. The van der Waals surface area contributed by atoms with Crippen molar-refractivity contribution >= 4 is 8.80 Å². The summed E-state index contributed by atoms with van der Waals surface area (Å²) in [5.41, 5.74) is 0. The molecule has 2 aliphatic rings. The molecule has 3 unspecified atom stereocenters. The molecule has 2 fully saturated rings. The number of nitrogens with zero attached hydrogens (tertiary/aromatic N) is 2. The number of rotatable bonds is 4. The predicted octanol–water partition coefficient (Wildman–Crippen LogP) is 1.05. The van der Waals surface area contributed by atoms with Gasteiger partial charge in [0.05, 0.1) is 12.7 Å². The molecule has 0 amide bonds. The highest BCUT2D eigenvalue weighted by atomic mass is 28.4. The molecule has 0 aromatic rings. The number of likely N-dealkylation sites (N-methyl/N-ethyl adjacent to an activating group) is 1. The monoisotopic (exact) mass is 332 g/mol.